The van der Waals surface area contributed by atoms with Gasteiger partial charge in [0.15, 0.2) is 5.96 Å². The molecule has 0 aromatic rings. The van der Waals surface area contributed by atoms with Gasteiger partial charge in [0.1, 0.15) is 0 Å². The number of likely N-dealkylation sites (N-methyl/N-ethyl adjacent to an activating group) is 1. The van der Waals surface area contributed by atoms with Crippen molar-refractivity contribution in [3.63, 3.8) is 0 Å². The highest BCUT2D eigenvalue weighted by molar-refractivity contribution is 5.80. The SMILES string of the molecule is CN=C(NCC(C)N1CCN(C)CC1)NC1CN(C(C)C)CC1C. The van der Waals surface area contributed by atoms with E-state index in [1.807, 2.05) is 7.05 Å². The molecule has 6 nitrogen and oxygen atoms in total. The van der Waals surface area contributed by atoms with Gasteiger partial charge in [-0.05, 0) is 33.7 Å². The van der Waals surface area contributed by atoms with Gasteiger partial charge in [-0.1, -0.05) is 6.92 Å². The van der Waals surface area contributed by atoms with E-state index in [-0.39, 0.29) is 0 Å². The molecule has 2 rings (SSSR count). The summed E-state index contributed by atoms with van der Waals surface area (Å²) in [6.45, 7) is 17.1. The van der Waals surface area contributed by atoms with Crippen molar-refractivity contribution in [1.29, 1.82) is 0 Å². The van der Waals surface area contributed by atoms with Crippen molar-refractivity contribution in [2.75, 3.05) is 59.9 Å². The number of piperazine rings is 1. The lowest BCUT2D eigenvalue weighted by Gasteiger charge is -2.36. The van der Waals surface area contributed by atoms with Gasteiger partial charge in [-0.25, -0.2) is 0 Å². The fourth-order valence-corrected chi connectivity index (χ4v) is 3.62. The smallest absolute Gasteiger partial charge is 0.191 e. The fourth-order valence-electron chi connectivity index (χ4n) is 3.62. The van der Waals surface area contributed by atoms with Crippen LogP contribution in [0.2, 0.25) is 0 Å². The third kappa shape index (κ3) is 5.33. The maximum atomic E-state index is 4.43. The molecule has 2 aliphatic heterocycles. The van der Waals surface area contributed by atoms with E-state index < -0.39 is 0 Å². The van der Waals surface area contributed by atoms with Crippen LogP contribution in [0, 0.1) is 5.92 Å². The zero-order chi connectivity index (χ0) is 17.7. The first-order valence-corrected chi connectivity index (χ1v) is 9.54. The van der Waals surface area contributed by atoms with E-state index >= 15 is 0 Å². The maximum absolute atomic E-state index is 4.43. The predicted molar refractivity (Wildman–Crippen MR) is 103 cm³/mol. The summed E-state index contributed by atoms with van der Waals surface area (Å²) in [7, 11) is 4.07. The van der Waals surface area contributed by atoms with Gasteiger partial charge in [0, 0.05) is 71.0 Å². The van der Waals surface area contributed by atoms with Crippen LogP contribution >= 0.6 is 0 Å². The number of nitrogens with zero attached hydrogens (tertiary/aromatic N) is 4. The lowest BCUT2D eigenvalue weighted by Crippen LogP contribution is -2.53. The minimum absolute atomic E-state index is 0.484. The average molecular weight is 339 g/mol. The van der Waals surface area contributed by atoms with Crippen LogP contribution in [0.5, 0.6) is 0 Å². The monoisotopic (exact) mass is 338 g/mol. The van der Waals surface area contributed by atoms with Gasteiger partial charge in [0.25, 0.3) is 0 Å². The molecular weight excluding hydrogens is 300 g/mol. The minimum Gasteiger partial charge on any atom is -0.355 e. The highest BCUT2D eigenvalue weighted by Gasteiger charge is 2.31. The molecule has 140 valence electrons. The molecular formula is C18H38N6. The molecule has 2 heterocycles. The number of nitrogens with one attached hydrogen (secondary N) is 2. The van der Waals surface area contributed by atoms with E-state index in [2.05, 4.69) is 65.1 Å². The summed E-state index contributed by atoms with van der Waals surface area (Å²) in [5, 5.41) is 7.17. The Morgan fingerprint density at radius 2 is 1.75 bits per heavy atom. The molecule has 0 saturated carbocycles. The van der Waals surface area contributed by atoms with Crippen molar-refractivity contribution in [2.24, 2.45) is 10.9 Å². The van der Waals surface area contributed by atoms with Crippen LogP contribution in [0.25, 0.3) is 0 Å². The van der Waals surface area contributed by atoms with Crippen LogP contribution in [0.1, 0.15) is 27.7 Å². The molecule has 0 radical (unpaired) electrons. The number of aliphatic imine (C=N–C) groups is 1. The van der Waals surface area contributed by atoms with Gasteiger partial charge in [-0.3, -0.25) is 14.8 Å². The molecule has 2 fully saturated rings. The summed E-state index contributed by atoms with van der Waals surface area (Å²) in [4.78, 5) is 11.9. The second-order valence-electron chi connectivity index (χ2n) is 7.92. The lowest BCUT2D eigenvalue weighted by molar-refractivity contribution is 0.120. The first-order chi connectivity index (χ1) is 11.4. The number of hydrogen-bond donors (Lipinski definition) is 2. The third-order valence-corrected chi connectivity index (χ3v) is 5.64. The largest absolute Gasteiger partial charge is 0.355 e. The molecule has 0 bridgehead atoms. The Labute approximate surface area is 148 Å². The van der Waals surface area contributed by atoms with E-state index in [1.54, 1.807) is 0 Å². The van der Waals surface area contributed by atoms with Crippen molar-refractivity contribution in [3.05, 3.63) is 0 Å². The molecule has 3 atom stereocenters. The van der Waals surface area contributed by atoms with Crippen LogP contribution in [-0.2, 0) is 0 Å². The first kappa shape index (κ1) is 19.5. The van der Waals surface area contributed by atoms with Crippen molar-refractivity contribution in [2.45, 2.75) is 45.8 Å². The van der Waals surface area contributed by atoms with Crippen LogP contribution < -0.4 is 10.6 Å². The standard InChI is InChI=1S/C18H38N6/c1-14(2)24-12-15(3)17(13-24)21-18(19-5)20-11-16(4)23-9-7-22(6)8-10-23/h14-17H,7-13H2,1-6H3,(H2,19,20,21). The van der Waals surface area contributed by atoms with Gasteiger partial charge in [-0.2, -0.15) is 0 Å². The molecule has 0 spiro atoms. The number of rotatable bonds is 5. The third-order valence-electron chi connectivity index (χ3n) is 5.64. The fraction of sp³-hybridized carbons (Fsp3) is 0.944. The Bertz CT molecular complexity index is 402. The van der Waals surface area contributed by atoms with Gasteiger partial charge in [0.05, 0.1) is 0 Å². The Hall–Kier alpha value is -0.850. The van der Waals surface area contributed by atoms with Crippen LogP contribution in [0.15, 0.2) is 4.99 Å². The second kappa shape index (κ2) is 9.02. The molecule has 2 saturated heterocycles. The second-order valence-corrected chi connectivity index (χ2v) is 7.92. The van der Waals surface area contributed by atoms with Crippen molar-refractivity contribution in [3.8, 4) is 0 Å². The quantitative estimate of drug-likeness (QED) is 0.565. The molecule has 0 aromatic carbocycles. The zero-order valence-corrected chi connectivity index (χ0v) is 16.5. The van der Waals surface area contributed by atoms with E-state index in [1.165, 1.54) is 19.6 Å². The lowest BCUT2D eigenvalue weighted by atomic mass is 10.1. The summed E-state index contributed by atoms with van der Waals surface area (Å²) < 4.78 is 0. The van der Waals surface area contributed by atoms with E-state index in [0.29, 0.717) is 24.0 Å². The highest BCUT2D eigenvalue weighted by atomic mass is 15.3. The summed E-state index contributed by atoms with van der Waals surface area (Å²) in [5.74, 6) is 1.60. The van der Waals surface area contributed by atoms with Gasteiger partial charge < -0.3 is 15.5 Å². The molecule has 2 N–H and O–H groups in total. The Kier molecular flexibility index (Phi) is 7.32. The molecule has 0 amide bonds. The van der Waals surface area contributed by atoms with Crippen molar-refractivity contribution >= 4 is 5.96 Å². The normalized spacial score (nSPS) is 29.2. The van der Waals surface area contributed by atoms with Gasteiger partial charge in [-0.15, -0.1) is 0 Å². The van der Waals surface area contributed by atoms with Crippen LogP contribution in [-0.4, -0.2) is 98.7 Å². The first-order valence-electron chi connectivity index (χ1n) is 9.54. The predicted octanol–water partition coefficient (Wildman–Crippen LogP) is 0.516. The van der Waals surface area contributed by atoms with Crippen molar-refractivity contribution in [1.82, 2.24) is 25.3 Å². The number of guanidine groups is 1. The van der Waals surface area contributed by atoms with E-state index in [9.17, 15) is 0 Å². The molecule has 24 heavy (non-hydrogen) atoms. The maximum Gasteiger partial charge on any atom is 0.191 e. The van der Waals surface area contributed by atoms with E-state index in [4.69, 9.17) is 0 Å². The summed E-state index contributed by atoms with van der Waals surface area (Å²) in [6, 6.07) is 1.63. The average Bonchev–Trinajstić information content (AvgIpc) is 2.93. The van der Waals surface area contributed by atoms with Crippen molar-refractivity contribution < 1.29 is 0 Å². The summed E-state index contributed by atoms with van der Waals surface area (Å²) in [5.41, 5.74) is 0. The van der Waals surface area contributed by atoms with Gasteiger partial charge >= 0.3 is 0 Å². The Balaban J connectivity index is 1.76. The number of likely N-dealkylation sites (tertiary alicyclic amines) is 1. The van der Waals surface area contributed by atoms with E-state index in [0.717, 1.165) is 32.1 Å². The van der Waals surface area contributed by atoms with Gasteiger partial charge in [0.2, 0.25) is 0 Å². The number of hydrogen-bond acceptors (Lipinski definition) is 4. The molecule has 0 aromatic heterocycles. The zero-order valence-electron chi connectivity index (χ0n) is 16.5. The minimum atomic E-state index is 0.484. The molecule has 0 aliphatic carbocycles. The topological polar surface area (TPSA) is 46.1 Å². The summed E-state index contributed by atoms with van der Waals surface area (Å²) in [6.07, 6.45) is 0. The molecule has 6 heteroatoms. The Morgan fingerprint density at radius 1 is 1.08 bits per heavy atom. The Morgan fingerprint density at radius 3 is 2.29 bits per heavy atom. The molecule has 3 unspecified atom stereocenters. The molecule has 2 aliphatic rings. The highest BCUT2D eigenvalue weighted by Crippen LogP contribution is 2.18. The summed E-state index contributed by atoms with van der Waals surface area (Å²) >= 11 is 0. The van der Waals surface area contributed by atoms with Crippen LogP contribution in [0.3, 0.4) is 0 Å². The van der Waals surface area contributed by atoms with Crippen LogP contribution in [0.4, 0.5) is 0 Å².